The van der Waals surface area contributed by atoms with Crippen LogP contribution >= 0.6 is 15.9 Å². The molecule has 0 aliphatic carbocycles. The molecule has 2 heterocycles. The number of carbonyl (C=O) groups excluding carboxylic acids is 1. The van der Waals surface area contributed by atoms with Gasteiger partial charge in [-0.2, -0.15) is 0 Å². The van der Waals surface area contributed by atoms with Crippen LogP contribution in [0, 0.1) is 0 Å². The fourth-order valence-corrected chi connectivity index (χ4v) is 4.97. The maximum absolute atomic E-state index is 12.8. The number of nitrogens with zero attached hydrogens (tertiary/aromatic N) is 1. The van der Waals surface area contributed by atoms with E-state index in [-0.39, 0.29) is 5.91 Å². The van der Waals surface area contributed by atoms with Crippen LogP contribution in [-0.2, 0) is 21.3 Å². The van der Waals surface area contributed by atoms with Crippen LogP contribution in [0.15, 0.2) is 16.6 Å². The van der Waals surface area contributed by atoms with Crippen molar-refractivity contribution in [1.29, 1.82) is 0 Å². The molecular formula is C18H24BrNO4S. The van der Waals surface area contributed by atoms with Crippen molar-refractivity contribution < 1.29 is 18.5 Å². The highest BCUT2D eigenvalue weighted by atomic mass is 79.9. The summed E-state index contributed by atoms with van der Waals surface area (Å²) in [6, 6.07) is 3.71. The summed E-state index contributed by atoms with van der Waals surface area (Å²) in [7, 11) is -1.28. The smallest absolute Gasteiger partial charge is 0.238 e. The van der Waals surface area contributed by atoms with Crippen LogP contribution in [0.4, 0.5) is 0 Å². The number of carbonyl (C=O) groups is 1. The lowest BCUT2D eigenvalue weighted by Crippen LogP contribution is -2.40. The van der Waals surface area contributed by atoms with Crippen LogP contribution in [0.5, 0.6) is 11.5 Å². The molecule has 1 fully saturated rings. The van der Waals surface area contributed by atoms with Crippen LogP contribution in [-0.4, -0.2) is 46.6 Å². The number of likely N-dealkylation sites (tertiary alicyclic amines) is 1. The zero-order valence-corrected chi connectivity index (χ0v) is 16.9. The Morgan fingerprint density at radius 3 is 2.40 bits per heavy atom. The minimum atomic E-state index is -1.28. The van der Waals surface area contributed by atoms with Gasteiger partial charge in [-0.15, -0.1) is 0 Å². The average molecular weight is 430 g/mol. The molecule has 7 heteroatoms. The minimum absolute atomic E-state index is 0.00824. The van der Waals surface area contributed by atoms with Gasteiger partial charge in [-0.05, 0) is 37.5 Å². The molecular weight excluding hydrogens is 406 g/mol. The van der Waals surface area contributed by atoms with E-state index in [0.717, 1.165) is 36.0 Å². The molecule has 0 bridgehead atoms. The zero-order chi connectivity index (χ0) is 17.8. The van der Waals surface area contributed by atoms with Gasteiger partial charge in [0.05, 0.1) is 5.75 Å². The van der Waals surface area contributed by atoms with E-state index >= 15 is 0 Å². The topological polar surface area (TPSA) is 55.8 Å². The quantitative estimate of drug-likeness (QED) is 0.736. The first-order chi connectivity index (χ1) is 12.1. The lowest BCUT2D eigenvalue weighted by molar-refractivity contribution is -0.130. The predicted molar refractivity (Wildman–Crippen MR) is 101 cm³/mol. The fraction of sp³-hybridized carbons (Fsp3) is 0.611. The summed E-state index contributed by atoms with van der Waals surface area (Å²) in [5, 5.41) is -0.502. The van der Waals surface area contributed by atoms with Crippen molar-refractivity contribution in [2.24, 2.45) is 0 Å². The highest BCUT2D eigenvalue weighted by Crippen LogP contribution is 2.36. The van der Waals surface area contributed by atoms with Crippen LogP contribution in [0.1, 0.15) is 38.2 Å². The first-order valence-corrected chi connectivity index (χ1v) is 11.0. The first-order valence-electron chi connectivity index (χ1n) is 8.80. The molecule has 0 aromatic heterocycles. The van der Waals surface area contributed by atoms with Gasteiger partial charge >= 0.3 is 0 Å². The highest BCUT2D eigenvalue weighted by molar-refractivity contribution is 9.10. The summed E-state index contributed by atoms with van der Waals surface area (Å²) in [6.07, 6.45) is 4.42. The Labute approximate surface area is 159 Å². The number of benzene rings is 1. The van der Waals surface area contributed by atoms with Crippen molar-refractivity contribution in [2.45, 2.75) is 43.6 Å². The van der Waals surface area contributed by atoms with Crippen molar-refractivity contribution in [3.63, 3.8) is 0 Å². The van der Waals surface area contributed by atoms with Crippen molar-refractivity contribution in [3.05, 3.63) is 22.2 Å². The fourth-order valence-electron chi connectivity index (χ4n) is 3.16. The molecule has 0 spiro atoms. The van der Waals surface area contributed by atoms with Crippen molar-refractivity contribution in [1.82, 2.24) is 4.90 Å². The summed E-state index contributed by atoms with van der Waals surface area (Å²) in [4.78, 5) is 14.6. The molecule has 1 aromatic rings. The van der Waals surface area contributed by atoms with Gasteiger partial charge in [-0.25, -0.2) is 0 Å². The van der Waals surface area contributed by atoms with E-state index in [1.165, 1.54) is 12.8 Å². The molecule has 0 saturated carbocycles. The van der Waals surface area contributed by atoms with E-state index in [9.17, 15) is 9.00 Å². The number of fused-ring (bicyclic) bond motifs is 1. The third-order valence-corrected chi connectivity index (χ3v) is 6.99. The third-order valence-electron chi connectivity index (χ3n) is 4.67. The second kappa shape index (κ2) is 8.54. The van der Waals surface area contributed by atoms with Crippen molar-refractivity contribution in [2.75, 3.05) is 26.3 Å². The molecule has 138 valence electrons. The molecule has 0 radical (unpaired) electrons. The molecule has 0 N–H and O–H groups in total. The van der Waals surface area contributed by atoms with Gasteiger partial charge in [0.25, 0.3) is 0 Å². The van der Waals surface area contributed by atoms with Crippen LogP contribution in [0.3, 0.4) is 0 Å². The van der Waals surface area contributed by atoms with Gasteiger partial charge in [-0.1, -0.05) is 28.8 Å². The molecule has 5 nitrogen and oxygen atoms in total. The van der Waals surface area contributed by atoms with Crippen LogP contribution in [0.2, 0.25) is 0 Å². The first kappa shape index (κ1) is 18.7. The van der Waals surface area contributed by atoms with Crippen molar-refractivity contribution >= 4 is 32.6 Å². The van der Waals surface area contributed by atoms with Crippen molar-refractivity contribution in [3.8, 4) is 11.5 Å². The molecule has 1 aromatic carbocycles. The lowest BCUT2D eigenvalue weighted by Gasteiger charge is -2.24. The van der Waals surface area contributed by atoms with E-state index in [4.69, 9.17) is 9.47 Å². The second-order valence-electron chi connectivity index (χ2n) is 6.49. The number of amides is 1. The molecule has 0 unspecified atom stereocenters. The number of ether oxygens (including phenoxy) is 2. The van der Waals surface area contributed by atoms with E-state index in [1.807, 2.05) is 17.0 Å². The number of rotatable bonds is 4. The highest BCUT2D eigenvalue weighted by Gasteiger charge is 2.27. The van der Waals surface area contributed by atoms with Gasteiger partial charge in [0.2, 0.25) is 5.91 Å². The van der Waals surface area contributed by atoms with Crippen LogP contribution < -0.4 is 9.47 Å². The summed E-state index contributed by atoms with van der Waals surface area (Å²) in [5.74, 6) is 1.70. The predicted octanol–water partition coefficient (Wildman–Crippen LogP) is 3.26. The van der Waals surface area contributed by atoms with Gasteiger partial charge in [0, 0.05) is 28.4 Å². The Balaban J connectivity index is 1.67. The second-order valence-corrected chi connectivity index (χ2v) is 9.11. The minimum Gasteiger partial charge on any atom is -0.486 e. The molecule has 2 aliphatic heterocycles. The van der Waals surface area contributed by atoms with E-state index in [2.05, 4.69) is 15.9 Å². The summed E-state index contributed by atoms with van der Waals surface area (Å²) in [6.45, 7) is 4.39. The SMILES string of the molecule is C[C@H](C(=O)N1CCCCCC1)[S@](=O)Cc1cc2c(cc1Br)OCCO2. The normalized spacial score (nSPS) is 19.8. The Bertz CT molecular complexity index is 659. The Morgan fingerprint density at radius 2 is 1.76 bits per heavy atom. The van der Waals surface area contributed by atoms with Crippen LogP contribution in [0.25, 0.3) is 0 Å². The largest absolute Gasteiger partial charge is 0.486 e. The number of hydrogen-bond acceptors (Lipinski definition) is 4. The average Bonchev–Trinajstić information content (AvgIpc) is 2.90. The Morgan fingerprint density at radius 1 is 1.16 bits per heavy atom. The van der Waals surface area contributed by atoms with Gasteiger partial charge in [0.15, 0.2) is 11.5 Å². The molecule has 2 aliphatic rings. The summed E-state index contributed by atoms with van der Waals surface area (Å²) >= 11 is 3.51. The summed E-state index contributed by atoms with van der Waals surface area (Å²) in [5.41, 5.74) is 0.873. The lowest BCUT2D eigenvalue weighted by atomic mass is 10.2. The van der Waals surface area contributed by atoms with E-state index < -0.39 is 16.0 Å². The number of halogens is 1. The standard InChI is InChI=1S/C18H24BrNO4S/c1-13(18(21)20-6-4-2-3-5-7-20)25(22)12-14-10-16-17(11-15(14)19)24-9-8-23-16/h10-11,13H,2-9,12H2,1H3/t13-,25-/m1/s1. The Kier molecular flexibility index (Phi) is 6.39. The maximum atomic E-state index is 12.8. The third kappa shape index (κ3) is 4.56. The maximum Gasteiger partial charge on any atom is 0.238 e. The molecule has 3 rings (SSSR count). The monoisotopic (exact) mass is 429 g/mol. The van der Waals surface area contributed by atoms with Gasteiger partial charge in [0.1, 0.15) is 18.5 Å². The van der Waals surface area contributed by atoms with E-state index in [0.29, 0.717) is 30.5 Å². The molecule has 2 atom stereocenters. The number of hydrogen-bond donors (Lipinski definition) is 0. The van der Waals surface area contributed by atoms with E-state index in [1.54, 1.807) is 6.92 Å². The zero-order valence-electron chi connectivity index (χ0n) is 14.5. The van der Waals surface area contributed by atoms with Gasteiger partial charge in [-0.3, -0.25) is 9.00 Å². The Hall–Kier alpha value is -1.08. The molecule has 1 saturated heterocycles. The molecule has 25 heavy (non-hydrogen) atoms. The van der Waals surface area contributed by atoms with Gasteiger partial charge < -0.3 is 14.4 Å². The molecule has 1 amide bonds. The summed E-state index contributed by atoms with van der Waals surface area (Å²) < 4.78 is 24.8.